The maximum Gasteiger partial charge on any atom is 0.407 e. The molecule has 3 amide bonds. The van der Waals surface area contributed by atoms with Crippen LogP contribution in [0.25, 0.3) is 10.9 Å². The number of pyridine rings is 2. The van der Waals surface area contributed by atoms with Gasteiger partial charge in [-0.2, -0.15) is 18.3 Å². The van der Waals surface area contributed by atoms with Gasteiger partial charge in [-0.15, -0.1) is 0 Å². The normalized spacial score (nSPS) is 17.7. The van der Waals surface area contributed by atoms with Crippen molar-refractivity contribution < 1.29 is 32.3 Å². The number of nitrogens with zero attached hydrogens (tertiary/aromatic N) is 5. The van der Waals surface area contributed by atoms with Gasteiger partial charge in [0.05, 0.1) is 11.2 Å². The van der Waals surface area contributed by atoms with Crippen LogP contribution in [-0.2, 0) is 32.8 Å². The molecule has 0 bridgehead atoms. The minimum absolute atomic E-state index is 0.0712. The lowest BCUT2D eigenvalue weighted by atomic mass is 9.71. The van der Waals surface area contributed by atoms with Gasteiger partial charge in [-0.25, -0.2) is 9.80 Å². The second-order valence-electron chi connectivity index (χ2n) is 13.8. The van der Waals surface area contributed by atoms with Crippen LogP contribution in [0.4, 0.5) is 23.7 Å². The highest BCUT2D eigenvalue weighted by molar-refractivity contribution is 6.09. The molecule has 4 heterocycles. The van der Waals surface area contributed by atoms with Crippen molar-refractivity contribution in [1.82, 2.24) is 19.9 Å². The van der Waals surface area contributed by atoms with Crippen molar-refractivity contribution >= 4 is 40.2 Å². The van der Waals surface area contributed by atoms with Crippen LogP contribution in [0.15, 0.2) is 84.4 Å². The number of carbonyl (C=O) groups is 3. The first-order chi connectivity index (χ1) is 24.2. The van der Waals surface area contributed by atoms with Gasteiger partial charge in [0.1, 0.15) is 5.60 Å². The molecule has 2 aromatic heterocycles. The molecular weight excluding hydrogens is 661 g/mol. The van der Waals surface area contributed by atoms with E-state index in [1.165, 1.54) is 24.4 Å². The predicted molar refractivity (Wildman–Crippen MR) is 186 cm³/mol. The van der Waals surface area contributed by atoms with Crippen molar-refractivity contribution in [2.75, 3.05) is 11.9 Å². The molecule has 1 atom stereocenters. The fourth-order valence-corrected chi connectivity index (χ4v) is 6.56. The van der Waals surface area contributed by atoms with Gasteiger partial charge < -0.3 is 15.0 Å². The summed E-state index contributed by atoms with van der Waals surface area (Å²) in [6.45, 7) is 6.09. The molecule has 2 aromatic carbocycles. The Morgan fingerprint density at radius 1 is 0.922 bits per heavy atom. The summed E-state index contributed by atoms with van der Waals surface area (Å²) in [4.78, 5) is 49.4. The summed E-state index contributed by atoms with van der Waals surface area (Å²) >= 11 is 0. The van der Waals surface area contributed by atoms with Gasteiger partial charge in [0.25, 0.3) is 5.91 Å². The number of rotatable bonds is 9. The van der Waals surface area contributed by atoms with E-state index in [-0.39, 0.29) is 41.6 Å². The van der Waals surface area contributed by atoms with Gasteiger partial charge in [-0.1, -0.05) is 36.8 Å². The molecule has 0 fully saturated rings. The van der Waals surface area contributed by atoms with Crippen molar-refractivity contribution in [2.24, 2.45) is 5.10 Å². The molecule has 4 aromatic rings. The van der Waals surface area contributed by atoms with Crippen LogP contribution in [0.2, 0.25) is 0 Å². The van der Waals surface area contributed by atoms with Crippen LogP contribution >= 0.6 is 0 Å². The van der Waals surface area contributed by atoms with Crippen LogP contribution in [0.3, 0.4) is 0 Å². The Labute approximate surface area is 293 Å². The second kappa shape index (κ2) is 14.1. The van der Waals surface area contributed by atoms with E-state index in [0.29, 0.717) is 49.1 Å². The average Bonchev–Trinajstić information content (AvgIpc) is 3.53. The van der Waals surface area contributed by atoms with E-state index in [1.54, 1.807) is 74.5 Å². The van der Waals surface area contributed by atoms with Crippen LogP contribution in [0.1, 0.15) is 75.1 Å². The summed E-state index contributed by atoms with van der Waals surface area (Å²) in [6, 6.07) is 15.5. The van der Waals surface area contributed by atoms with E-state index in [0.717, 1.165) is 16.1 Å². The Hall–Kier alpha value is -5.33. The molecule has 51 heavy (non-hydrogen) atoms. The Morgan fingerprint density at radius 2 is 1.69 bits per heavy atom. The molecule has 0 saturated carbocycles. The number of nitrogens with one attached hydrogen (secondary N) is 1. The van der Waals surface area contributed by atoms with E-state index >= 15 is 13.2 Å². The third-order valence-corrected chi connectivity index (χ3v) is 9.02. The van der Waals surface area contributed by atoms with Crippen molar-refractivity contribution in [2.45, 2.75) is 83.2 Å². The molecule has 10 nitrogen and oxygen atoms in total. The number of esters is 1. The largest absolute Gasteiger partial charge is 0.460 e. The minimum atomic E-state index is -5.00. The third-order valence-electron chi connectivity index (χ3n) is 9.02. The van der Waals surface area contributed by atoms with Crippen LogP contribution in [0.5, 0.6) is 0 Å². The molecule has 1 N–H and O–H groups in total. The molecule has 0 spiro atoms. The number of halogens is 3. The van der Waals surface area contributed by atoms with Crippen LogP contribution < -0.4 is 5.32 Å². The summed E-state index contributed by atoms with van der Waals surface area (Å²) in [5, 5.41) is 8.50. The SMILES string of the molecule is CC(C)(C)OC(=O)CCCCCN1N=C(c2ccc(NC(=O)N3Cc4ccncc4C3)cc2)C[C@](c2cccc3ncccc23)(C(F)(F)F)C1=O. The lowest BCUT2D eigenvalue weighted by Gasteiger charge is -2.41. The predicted octanol–water partition coefficient (Wildman–Crippen LogP) is 7.52. The number of aromatic nitrogens is 2. The summed E-state index contributed by atoms with van der Waals surface area (Å²) in [7, 11) is 0. The van der Waals surface area contributed by atoms with E-state index in [9.17, 15) is 14.4 Å². The summed E-state index contributed by atoms with van der Waals surface area (Å²) < 4.78 is 52.2. The average molecular weight is 701 g/mol. The van der Waals surface area contributed by atoms with E-state index in [2.05, 4.69) is 20.4 Å². The van der Waals surface area contributed by atoms with Crippen molar-refractivity contribution in [3.63, 3.8) is 0 Å². The number of anilines is 1. The van der Waals surface area contributed by atoms with Gasteiger partial charge in [0, 0.05) is 62.1 Å². The Morgan fingerprint density at radius 3 is 2.41 bits per heavy atom. The standard InChI is InChI=1S/C38H39F3N6O4/c1-36(2,3)51-33(48)12-5-4-6-20-47-34(49)37(38(39,40)41,30-10-7-11-31-29(30)9-8-18-43-31)21-32(45-47)25-13-15-28(16-14-25)44-35(50)46-23-26-17-19-42-22-27(26)24-46/h7-11,13-19,22H,4-6,12,20-21,23-24H2,1-3H3,(H,44,50)/t37-/m1/s1. The number of unbranched alkanes of at least 4 members (excludes halogenated alkanes) is 2. The number of hydrogen-bond donors (Lipinski definition) is 1. The lowest BCUT2D eigenvalue weighted by Crippen LogP contribution is -2.58. The molecule has 0 unspecified atom stereocenters. The smallest absolute Gasteiger partial charge is 0.407 e. The topological polar surface area (TPSA) is 117 Å². The number of hydrazone groups is 1. The van der Waals surface area contributed by atoms with E-state index < -0.39 is 29.5 Å². The summed E-state index contributed by atoms with van der Waals surface area (Å²) in [5.74, 6) is -1.53. The number of carbonyl (C=O) groups excluding carboxylic acids is 3. The minimum Gasteiger partial charge on any atom is -0.460 e. The number of fused-ring (bicyclic) bond motifs is 2. The molecule has 13 heteroatoms. The first kappa shape index (κ1) is 35.5. The molecule has 0 saturated heterocycles. The highest BCUT2D eigenvalue weighted by atomic mass is 19.4. The van der Waals surface area contributed by atoms with E-state index in [4.69, 9.17) is 4.74 Å². The fraction of sp³-hybridized carbons (Fsp3) is 0.368. The van der Waals surface area contributed by atoms with Crippen LogP contribution in [-0.4, -0.2) is 61.8 Å². The third kappa shape index (κ3) is 7.57. The highest BCUT2D eigenvalue weighted by Gasteiger charge is 2.65. The maximum absolute atomic E-state index is 15.6. The number of ether oxygens (including phenoxy) is 1. The maximum atomic E-state index is 15.6. The summed E-state index contributed by atoms with van der Waals surface area (Å²) in [5.41, 5.74) is -0.546. The van der Waals surface area contributed by atoms with Crippen molar-refractivity contribution in [1.29, 1.82) is 0 Å². The first-order valence-electron chi connectivity index (χ1n) is 16.9. The molecule has 0 aliphatic carbocycles. The van der Waals surface area contributed by atoms with Crippen LogP contribution in [0, 0.1) is 0 Å². The van der Waals surface area contributed by atoms with Gasteiger partial charge in [-0.05, 0) is 86.2 Å². The van der Waals surface area contributed by atoms with Gasteiger partial charge >= 0.3 is 18.2 Å². The van der Waals surface area contributed by atoms with E-state index in [1.807, 2.05) is 6.07 Å². The zero-order valence-corrected chi connectivity index (χ0v) is 28.7. The Bertz CT molecular complexity index is 1940. The molecule has 2 aliphatic heterocycles. The zero-order chi connectivity index (χ0) is 36.4. The number of benzene rings is 2. The highest BCUT2D eigenvalue weighted by Crippen LogP contribution is 2.50. The van der Waals surface area contributed by atoms with Gasteiger partial charge in [0.2, 0.25) is 0 Å². The summed E-state index contributed by atoms with van der Waals surface area (Å²) in [6.07, 6.45) is 0.558. The molecule has 0 radical (unpaired) electrons. The van der Waals surface area contributed by atoms with Gasteiger partial charge in [0.15, 0.2) is 5.41 Å². The fourth-order valence-electron chi connectivity index (χ4n) is 6.56. The monoisotopic (exact) mass is 700 g/mol. The molecule has 266 valence electrons. The van der Waals surface area contributed by atoms with Gasteiger partial charge in [-0.3, -0.25) is 19.6 Å². The Balaban J connectivity index is 1.27. The number of urea groups is 1. The second-order valence-corrected chi connectivity index (χ2v) is 13.8. The lowest BCUT2D eigenvalue weighted by molar-refractivity contribution is -0.201. The molecule has 2 aliphatic rings. The Kier molecular flexibility index (Phi) is 9.83. The number of amides is 3. The van der Waals surface area contributed by atoms with Crippen molar-refractivity contribution in [3.8, 4) is 0 Å². The number of hydrogen-bond acceptors (Lipinski definition) is 7. The zero-order valence-electron chi connectivity index (χ0n) is 28.7. The first-order valence-corrected chi connectivity index (χ1v) is 16.9. The molecular formula is C38H39F3N6O4. The quantitative estimate of drug-likeness (QED) is 0.143. The molecule has 6 rings (SSSR count). The van der Waals surface area contributed by atoms with Crippen molar-refractivity contribution in [3.05, 3.63) is 102 Å². The number of alkyl halides is 3.